The highest BCUT2D eigenvalue weighted by molar-refractivity contribution is 7.71. The molecule has 0 saturated heterocycles. The van der Waals surface area contributed by atoms with Crippen LogP contribution in [0.2, 0.25) is 0 Å². The highest BCUT2D eigenvalue weighted by Crippen LogP contribution is 2.38. The molecule has 0 atom stereocenters. The zero-order chi connectivity index (χ0) is 18.0. The number of rotatable bonds is 8. The second-order valence-electron chi connectivity index (χ2n) is 7.91. The fraction of sp³-hybridized carbons (Fsp3) is 0.632. The van der Waals surface area contributed by atoms with Gasteiger partial charge in [-0.1, -0.05) is 27.7 Å². The molecule has 5 nitrogen and oxygen atoms in total. The first kappa shape index (κ1) is 18.3. The Bertz CT molecular complexity index is 733. The predicted molar refractivity (Wildman–Crippen MR) is 104 cm³/mol. The van der Waals surface area contributed by atoms with E-state index in [4.69, 9.17) is 17.3 Å². The predicted octanol–water partition coefficient (Wildman–Crippen LogP) is 4.38. The van der Waals surface area contributed by atoms with E-state index in [9.17, 15) is 0 Å². The standard InChI is InChI=1S/C19H29N5S/c1-14(2)11-22(12-15(3)4)13-23-19(25)24(17-5-6-17)18(21-23)16-7-9-20-10-8-16/h7-10,14-15,17H,5-6,11-13H2,1-4H3. The van der Waals surface area contributed by atoms with Crippen molar-refractivity contribution in [1.82, 2.24) is 24.2 Å². The van der Waals surface area contributed by atoms with Gasteiger partial charge in [-0.2, -0.15) is 5.10 Å². The minimum absolute atomic E-state index is 0.507. The zero-order valence-electron chi connectivity index (χ0n) is 15.7. The van der Waals surface area contributed by atoms with Crippen LogP contribution in [-0.2, 0) is 6.67 Å². The van der Waals surface area contributed by atoms with E-state index in [-0.39, 0.29) is 0 Å². The van der Waals surface area contributed by atoms with Crippen LogP contribution in [0.4, 0.5) is 0 Å². The third kappa shape index (κ3) is 4.55. The van der Waals surface area contributed by atoms with Gasteiger partial charge in [0.25, 0.3) is 0 Å². The maximum absolute atomic E-state index is 5.80. The third-order valence-corrected chi connectivity index (χ3v) is 4.71. The van der Waals surface area contributed by atoms with Crippen molar-refractivity contribution >= 4 is 12.2 Å². The molecule has 1 fully saturated rings. The van der Waals surface area contributed by atoms with Crippen LogP contribution in [0.25, 0.3) is 11.4 Å². The minimum Gasteiger partial charge on any atom is -0.297 e. The molecule has 2 heterocycles. The lowest BCUT2D eigenvalue weighted by molar-refractivity contribution is 0.164. The summed E-state index contributed by atoms with van der Waals surface area (Å²) in [5.74, 6) is 2.22. The molecule has 0 spiro atoms. The van der Waals surface area contributed by atoms with Crippen molar-refractivity contribution in [2.45, 2.75) is 53.2 Å². The number of nitrogens with zero attached hydrogens (tertiary/aromatic N) is 5. The Morgan fingerprint density at radius 1 is 1.12 bits per heavy atom. The molecule has 1 aliphatic carbocycles. The molecule has 0 unspecified atom stereocenters. The van der Waals surface area contributed by atoms with Crippen LogP contribution in [0.5, 0.6) is 0 Å². The van der Waals surface area contributed by atoms with Gasteiger partial charge in [0.05, 0.1) is 6.67 Å². The molecule has 3 rings (SSSR count). The Morgan fingerprint density at radius 2 is 1.72 bits per heavy atom. The van der Waals surface area contributed by atoms with E-state index in [0.717, 1.165) is 35.9 Å². The van der Waals surface area contributed by atoms with Crippen molar-refractivity contribution in [1.29, 1.82) is 0 Å². The van der Waals surface area contributed by atoms with Gasteiger partial charge in [0.2, 0.25) is 0 Å². The molecule has 6 heteroatoms. The van der Waals surface area contributed by atoms with Gasteiger partial charge in [-0.3, -0.25) is 14.5 Å². The zero-order valence-corrected chi connectivity index (χ0v) is 16.5. The summed E-state index contributed by atoms with van der Waals surface area (Å²) in [7, 11) is 0. The Hall–Kier alpha value is -1.53. The topological polar surface area (TPSA) is 38.9 Å². The van der Waals surface area contributed by atoms with Crippen molar-refractivity contribution in [2.24, 2.45) is 11.8 Å². The summed E-state index contributed by atoms with van der Waals surface area (Å²) in [4.78, 5) is 6.59. The van der Waals surface area contributed by atoms with Crippen molar-refractivity contribution in [2.75, 3.05) is 13.1 Å². The van der Waals surface area contributed by atoms with Crippen LogP contribution in [-0.4, -0.2) is 37.3 Å². The Labute approximate surface area is 155 Å². The number of pyridine rings is 1. The number of hydrogen-bond donors (Lipinski definition) is 0. The van der Waals surface area contributed by atoms with Crippen LogP contribution < -0.4 is 0 Å². The van der Waals surface area contributed by atoms with Crippen LogP contribution in [0, 0.1) is 16.6 Å². The lowest BCUT2D eigenvalue weighted by Crippen LogP contribution is -2.33. The van der Waals surface area contributed by atoms with Crippen LogP contribution in [0.15, 0.2) is 24.5 Å². The lowest BCUT2D eigenvalue weighted by Gasteiger charge is -2.25. The first-order chi connectivity index (χ1) is 12.0. The highest BCUT2D eigenvalue weighted by Gasteiger charge is 2.29. The average Bonchev–Trinajstić information content (AvgIpc) is 3.32. The molecule has 2 aromatic heterocycles. The number of hydrogen-bond acceptors (Lipinski definition) is 4. The molecule has 0 aliphatic heterocycles. The Balaban J connectivity index is 1.92. The molecular weight excluding hydrogens is 330 g/mol. The SMILES string of the molecule is CC(C)CN(CC(C)C)Cn1nc(-c2ccncc2)n(C2CC2)c1=S. The van der Waals surface area contributed by atoms with Gasteiger partial charge < -0.3 is 0 Å². The van der Waals surface area contributed by atoms with E-state index in [1.807, 2.05) is 29.2 Å². The first-order valence-corrected chi connectivity index (χ1v) is 9.68. The van der Waals surface area contributed by atoms with Crippen molar-refractivity contribution in [3.63, 3.8) is 0 Å². The minimum atomic E-state index is 0.507. The normalized spacial score (nSPS) is 14.8. The summed E-state index contributed by atoms with van der Waals surface area (Å²) in [6.07, 6.45) is 6.02. The molecule has 0 radical (unpaired) electrons. The molecule has 0 N–H and O–H groups in total. The summed E-state index contributed by atoms with van der Waals surface area (Å²) >= 11 is 5.80. The fourth-order valence-corrected chi connectivity index (χ4v) is 3.62. The van der Waals surface area contributed by atoms with E-state index in [0.29, 0.717) is 17.9 Å². The molecule has 25 heavy (non-hydrogen) atoms. The molecule has 2 aromatic rings. The van der Waals surface area contributed by atoms with Crippen molar-refractivity contribution in [3.05, 3.63) is 29.3 Å². The summed E-state index contributed by atoms with van der Waals surface area (Å²) in [5.41, 5.74) is 1.09. The molecule has 0 bridgehead atoms. The van der Waals surface area contributed by atoms with Crippen molar-refractivity contribution in [3.8, 4) is 11.4 Å². The largest absolute Gasteiger partial charge is 0.297 e. The summed E-state index contributed by atoms with van der Waals surface area (Å²) in [6.45, 7) is 11.9. The van der Waals surface area contributed by atoms with Gasteiger partial charge in [-0.25, -0.2) is 4.68 Å². The Kier molecular flexibility index (Phi) is 5.69. The number of aromatic nitrogens is 4. The summed E-state index contributed by atoms with van der Waals surface area (Å²) < 4.78 is 5.09. The smallest absolute Gasteiger partial charge is 0.199 e. The Morgan fingerprint density at radius 3 is 2.24 bits per heavy atom. The van der Waals surface area contributed by atoms with E-state index >= 15 is 0 Å². The van der Waals surface area contributed by atoms with Crippen LogP contribution in [0.1, 0.15) is 46.6 Å². The van der Waals surface area contributed by atoms with Gasteiger partial charge in [0.15, 0.2) is 10.6 Å². The fourth-order valence-electron chi connectivity index (χ4n) is 3.28. The first-order valence-electron chi connectivity index (χ1n) is 9.27. The summed E-state index contributed by atoms with van der Waals surface area (Å²) in [5, 5.41) is 4.90. The molecule has 0 aromatic carbocycles. The van der Waals surface area contributed by atoms with Gasteiger partial charge in [0.1, 0.15) is 0 Å². The van der Waals surface area contributed by atoms with E-state index < -0.39 is 0 Å². The van der Waals surface area contributed by atoms with E-state index in [2.05, 4.69) is 42.1 Å². The molecule has 1 saturated carbocycles. The van der Waals surface area contributed by atoms with Gasteiger partial charge in [-0.05, 0) is 49.0 Å². The molecule has 1 aliphatic rings. The molecule has 0 amide bonds. The van der Waals surface area contributed by atoms with E-state index in [1.54, 1.807) is 0 Å². The van der Waals surface area contributed by atoms with E-state index in [1.165, 1.54) is 12.8 Å². The second-order valence-corrected chi connectivity index (χ2v) is 8.27. The average molecular weight is 360 g/mol. The van der Waals surface area contributed by atoms with Crippen LogP contribution in [0.3, 0.4) is 0 Å². The highest BCUT2D eigenvalue weighted by atomic mass is 32.1. The van der Waals surface area contributed by atoms with Crippen LogP contribution >= 0.6 is 12.2 Å². The monoisotopic (exact) mass is 359 g/mol. The third-order valence-electron chi connectivity index (χ3n) is 4.30. The molecule has 136 valence electrons. The maximum Gasteiger partial charge on any atom is 0.199 e. The molecular formula is C19H29N5S. The van der Waals surface area contributed by atoms with Crippen molar-refractivity contribution < 1.29 is 0 Å². The lowest BCUT2D eigenvalue weighted by atomic mass is 10.1. The van der Waals surface area contributed by atoms with Gasteiger partial charge in [-0.15, -0.1) is 0 Å². The summed E-state index contributed by atoms with van der Waals surface area (Å²) in [6, 6.07) is 4.54. The van der Waals surface area contributed by atoms with Gasteiger partial charge in [0, 0.05) is 37.1 Å². The quantitative estimate of drug-likeness (QED) is 0.656. The second kappa shape index (κ2) is 7.79. The maximum atomic E-state index is 5.80. The van der Waals surface area contributed by atoms with Gasteiger partial charge >= 0.3 is 0 Å².